The van der Waals surface area contributed by atoms with Crippen molar-refractivity contribution in [3.63, 3.8) is 0 Å². The number of ether oxygens (including phenoxy) is 1. The van der Waals surface area contributed by atoms with Crippen molar-refractivity contribution in [1.82, 2.24) is 4.90 Å². The first-order valence-electron chi connectivity index (χ1n) is 8.77. The van der Waals surface area contributed by atoms with E-state index in [0.717, 1.165) is 25.0 Å². The van der Waals surface area contributed by atoms with Crippen LogP contribution in [0.15, 0.2) is 24.3 Å². The number of carbonyl (C=O) groups excluding carboxylic acids is 1. The maximum absolute atomic E-state index is 11.6. The molecule has 0 bridgehead atoms. The first-order chi connectivity index (χ1) is 13.4. The standard InChI is InChI=1S/C16H26N4O2.C2HF3O2/c1-3-5-14(15(17)21)20(16(18)19)11-4-6-12-7-9-13(22-2)10-8-12;3-2(4,5)1(6)7/h7-10,14H,3-6,11H2,1-2H3,(H2,17,21)(H3,18,19);(H,6,7)/t14-;/m1./s1. The molecule has 0 radical (unpaired) electrons. The number of primary amides is 1. The minimum atomic E-state index is -5.08. The van der Waals surface area contributed by atoms with E-state index in [1.165, 1.54) is 5.56 Å². The number of nitrogens with two attached hydrogens (primary N) is 2. The fourth-order valence-electron chi connectivity index (χ4n) is 2.42. The molecule has 0 aliphatic carbocycles. The number of carbonyl (C=O) groups is 2. The second-order valence-electron chi connectivity index (χ2n) is 6.04. The molecule has 8 nitrogen and oxygen atoms in total. The number of rotatable bonds is 9. The van der Waals surface area contributed by atoms with E-state index in [2.05, 4.69) is 0 Å². The molecule has 0 heterocycles. The fourth-order valence-corrected chi connectivity index (χ4v) is 2.42. The van der Waals surface area contributed by atoms with Crippen LogP contribution in [0.1, 0.15) is 31.7 Å². The Morgan fingerprint density at radius 1 is 1.24 bits per heavy atom. The number of carboxylic acids is 1. The Bertz CT molecular complexity index is 666. The molecule has 0 saturated carbocycles. The summed E-state index contributed by atoms with van der Waals surface area (Å²) in [5, 5.41) is 14.8. The molecule has 0 saturated heterocycles. The monoisotopic (exact) mass is 420 g/mol. The molecule has 0 aliphatic rings. The Kier molecular flexibility index (Phi) is 11.2. The first-order valence-corrected chi connectivity index (χ1v) is 8.77. The van der Waals surface area contributed by atoms with Gasteiger partial charge in [0.2, 0.25) is 5.91 Å². The summed E-state index contributed by atoms with van der Waals surface area (Å²) in [6, 6.07) is 7.35. The van der Waals surface area contributed by atoms with Gasteiger partial charge in [0, 0.05) is 6.54 Å². The van der Waals surface area contributed by atoms with E-state index >= 15 is 0 Å². The first kappa shape index (κ1) is 26.0. The number of guanidine groups is 1. The summed E-state index contributed by atoms with van der Waals surface area (Å²) in [5.41, 5.74) is 12.2. The Morgan fingerprint density at radius 2 is 1.76 bits per heavy atom. The van der Waals surface area contributed by atoms with E-state index < -0.39 is 24.1 Å². The number of nitrogens with zero attached hydrogens (tertiary/aromatic N) is 1. The third-order valence-electron chi connectivity index (χ3n) is 3.84. The highest BCUT2D eigenvalue weighted by Crippen LogP contribution is 2.14. The summed E-state index contributed by atoms with van der Waals surface area (Å²) in [6.07, 6.45) is -2.03. The Morgan fingerprint density at radius 3 is 2.10 bits per heavy atom. The molecule has 29 heavy (non-hydrogen) atoms. The number of benzene rings is 1. The van der Waals surface area contributed by atoms with Crippen LogP contribution in [0.5, 0.6) is 5.75 Å². The van der Waals surface area contributed by atoms with Gasteiger partial charge >= 0.3 is 12.1 Å². The number of carboxylic acid groups (broad SMARTS) is 1. The van der Waals surface area contributed by atoms with E-state index in [4.69, 9.17) is 31.5 Å². The second kappa shape index (κ2) is 12.5. The van der Waals surface area contributed by atoms with Gasteiger partial charge in [0.25, 0.3) is 0 Å². The van der Waals surface area contributed by atoms with Crippen molar-refractivity contribution >= 4 is 17.8 Å². The molecule has 11 heteroatoms. The lowest BCUT2D eigenvalue weighted by Gasteiger charge is -2.29. The van der Waals surface area contributed by atoms with E-state index in [1.807, 2.05) is 31.2 Å². The van der Waals surface area contributed by atoms with Crippen LogP contribution in [0.2, 0.25) is 0 Å². The number of amides is 1. The average Bonchev–Trinajstić information content (AvgIpc) is 2.63. The van der Waals surface area contributed by atoms with Crippen molar-refractivity contribution in [3.05, 3.63) is 29.8 Å². The SMILES string of the molecule is CCC[C@H](C(N)=O)N(CCCc1ccc(OC)cc1)C(=N)N.O=C(O)C(F)(F)F. The van der Waals surface area contributed by atoms with Crippen LogP contribution < -0.4 is 16.2 Å². The van der Waals surface area contributed by atoms with Gasteiger partial charge in [0.1, 0.15) is 11.8 Å². The molecule has 6 N–H and O–H groups in total. The van der Waals surface area contributed by atoms with Crippen LogP contribution in [0.25, 0.3) is 0 Å². The summed E-state index contributed by atoms with van der Waals surface area (Å²) < 4.78 is 36.9. The Labute approximate surface area is 167 Å². The average molecular weight is 420 g/mol. The van der Waals surface area contributed by atoms with Gasteiger partial charge in [-0.05, 0) is 37.0 Å². The molecule has 0 unspecified atom stereocenters. The third-order valence-corrected chi connectivity index (χ3v) is 3.84. The van der Waals surface area contributed by atoms with E-state index in [0.29, 0.717) is 13.0 Å². The highest BCUT2D eigenvalue weighted by atomic mass is 19.4. The number of hydrogen-bond donors (Lipinski definition) is 4. The molecule has 0 fully saturated rings. The van der Waals surface area contributed by atoms with Crippen molar-refractivity contribution in [2.24, 2.45) is 11.5 Å². The van der Waals surface area contributed by atoms with Gasteiger partial charge in [0.05, 0.1) is 7.11 Å². The topological polar surface area (TPSA) is 143 Å². The molecular formula is C18H27F3N4O4. The molecule has 0 aromatic heterocycles. The molecule has 1 amide bonds. The van der Waals surface area contributed by atoms with Gasteiger partial charge in [-0.2, -0.15) is 13.2 Å². The van der Waals surface area contributed by atoms with Crippen molar-refractivity contribution in [1.29, 1.82) is 5.41 Å². The maximum atomic E-state index is 11.6. The molecule has 1 aromatic carbocycles. The molecule has 0 spiro atoms. The number of aliphatic carboxylic acids is 1. The molecule has 0 aliphatic heterocycles. The second-order valence-corrected chi connectivity index (χ2v) is 6.04. The fraction of sp³-hybridized carbons (Fsp3) is 0.500. The smallest absolute Gasteiger partial charge is 0.490 e. The van der Waals surface area contributed by atoms with Gasteiger partial charge in [-0.25, -0.2) is 4.79 Å². The van der Waals surface area contributed by atoms with Crippen molar-refractivity contribution in [3.8, 4) is 5.75 Å². The van der Waals surface area contributed by atoms with Gasteiger partial charge in [0.15, 0.2) is 5.96 Å². The van der Waals surface area contributed by atoms with Crippen molar-refractivity contribution in [2.45, 2.75) is 44.8 Å². The zero-order valence-corrected chi connectivity index (χ0v) is 16.3. The lowest BCUT2D eigenvalue weighted by Crippen LogP contribution is -2.50. The number of halogens is 3. The molecule has 164 valence electrons. The van der Waals surface area contributed by atoms with Gasteiger partial charge in [-0.3, -0.25) is 10.2 Å². The van der Waals surface area contributed by atoms with E-state index in [9.17, 15) is 18.0 Å². The lowest BCUT2D eigenvalue weighted by molar-refractivity contribution is -0.192. The van der Waals surface area contributed by atoms with Gasteiger partial charge < -0.3 is 26.2 Å². The van der Waals surface area contributed by atoms with E-state index in [-0.39, 0.29) is 5.96 Å². The molecule has 1 rings (SSSR count). The van der Waals surface area contributed by atoms with Crippen molar-refractivity contribution < 1.29 is 32.6 Å². The number of aryl methyl sites for hydroxylation is 1. The van der Waals surface area contributed by atoms with Gasteiger partial charge in [-0.1, -0.05) is 25.5 Å². The molecule has 1 atom stereocenters. The summed E-state index contributed by atoms with van der Waals surface area (Å²) in [7, 11) is 1.64. The zero-order valence-electron chi connectivity index (χ0n) is 16.3. The maximum Gasteiger partial charge on any atom is 0.490 e. The van der Waals surface area contributed by atoms with Crippen LogP contribution in [0.4, 0.5) is 13.2 Å². The van der Waals surface area contributed by atoms with Crippen LogP contribution >= 0.6 is 0 Å². The van der Waals surface area contributed by atoms with E-state index in [1.54, 1.807) is 12.0 Å². The summed E-state index contributed by atoms with van der Waals surface area (Å²) in [5.74, 6) is -2.47. The Hall–Kier alpha value is -2.98. The van der Waals surface area contributed by atoms with Crippen LogP contribution in [-0.2, 0) is 16.0 Å². The number of hydrogen-bond acceptors (Lipinski definition) is 4. The minimum absolute atomic E-state index is 0.105. The number of methoxy groups -OCH3 is 1. The quantitative estimate of drug-likeness (QED) is 0.356. The number of alkyl halides is 3. The predicted molar refractivity (Wildman–Crippen MR) is 102 cm³/mol. The zero-order chi connectivity index (χ0) is 22.6. The molecule has 1 aromatic rings. The number of nitrogens with one attached hydrogen (secondary N) is 1. The van der Waals surface area contributed by atoms with Crippen molar-refractivity contribution in [2.75, 3.05) is 13.7 Å². The van der Waals surface area contributed by atoms with Crippen LogP contribution in [0, 0.1) is 5.41 Å². The summed E-state index contributed by atoms with van der Waals surface area (Å²) in [4.78, 5) is 22.0. The molecular weight excluding hydrogens is 393 g/mol. The van der Waals surface area contributed by atoms with Crippen LogP contribution in [-0.4, -0.2) is 53.7 Å². The normalized spacial score (nSPS) is 11.6. The third kappa shape index (κ3) is 10.2. The largest absolute Gasteiger partial charge is 0.497 e. The summed E-state index contributed by atoms with van der Waals surface area (Å²) in [6.45, 7) is 2.51. The summed E-state index contributed by atoms with van der Waals surface area (Å²) >= 11 is 0. The Balaban J connectivity index is 0.000000956. The minimum Gasteiger partial charge on any atom is -0.497 e. The highest BCUT2D eigenvalue weighted by Gasteiger charge is 2.38. The highest BCUT2D eigenvalue weighted by molar-refractivity contribution is 5.86. The van der Waals surface area contributed by atoms with Crippen LogP contribution in [0.3, 0.4) is 0 Å². The lowest BCUT2D eigenvalue weighted by atomic mass is 10.1. The predicted octanol–water partition coefficient (Wildman–Crippen LogP) is 2.11. The van der Waals surface area contributed by atoms with Gasteiger partial charge in [-0.15, -0.1) is 0 Å².